The summed E-state index contributed by atoms with van der Waals surface area (Å²) >= 11 is 3.47. The molecule has 1 spiro atoms. The van der Waals surface area contributed by atoms with E-state index in [1.807, 2.05) is 18.2 Å². The molecule has 2 heterocycles. The highest BCUT2D eigenvalue weighted by atomic mass is 79.9. The number of fused-ring (bicyclic) bond motifs is 1. The van der Waals surface area contributed by atoms with Crippen molar-refractivity contribution in [3.63, 3.8) is 0 Å². The molecule has 1 fully saturated rings. The summed E-state index contributed by atoms with van der Waals surface area (Å²) in [6.07, 6.45) is 4.71. The Morgan fingerprint density at radius 1 is 1.38 bits per heavy atom. The molecule has 1 unspecified atom stereocenters. The van der Waals surface area contributed by atoms with Gasteiger partial charge in [0.2, 0.25) is 0 Å². The number of hydrogen-bond acceptors (Lipinski definition) is 3. The van der Waals surface area contributed by atoms with E-state index in [0.29, 0.717) is 0 Å². The van der Waals surface area contributed by atoms with Crippen molar-refractivity contribution in [2.24, 2.45) is 0 Å². The Labute approximate surface area is 135 Å². The summed E-state index contributed by atoms with van der Waals surface area (Å²) in [4.78, 5) is 2.53. The zero-order valence-electron chi connectivity index (χ0n) is 12.6. The van der Waals surface area contributed by atoms with Crippen LogP contribution in [0.1, 0.15) is 50.7 Å². The first kappa shape index (κ1) is 15.3. The summed E-state index contributed by atoms with van der Waals surface area (Å²) in [6, 6.07) is 5.95. The lowest BCUT2D eigenvalue weighted by Crippen LogP contribution is -2.42. The first-order valence-corrected chi connectivity index (χ1v) is 8.80. The number of nitrogens with zero attached hydrogens (tertiary/aromatic N) is 1. The van der Waals surface area contributed by atoms with Crippen molar-refractivity contribution >= 4 is 15.9 Å². The Hall–Kier alpha value is -0.580. The lowest BCUT2D eigenvalue weighted by Gasteiger charge is -2.40. The van der Waals surface area contributed by atoms with E-state index in [0.717, 1.165) is 54.6 Å². The summed E-state index contributed by atoms with van der Waals surface area (Å²) in [5, 5.41) is 10.5. The molecule has 3 nitrogen and oxygen atoms in total. The van der Waals surface area contributed by atoms with E-state index in [9.17, 15) is 5.11 Å². The number of hydrogen-bond donors (Lipinski definition) is 1. The summed E-state index contributed by atoms with van der Waals surface area (Å²) in [6.45, 7) is 5.63. The topological polar surface area (TPSA) is 32.7 Å². The summed E-state index contributed by atoms with van der Waals surface area (Å²) < 4.78 is 7.38. The van der Waals surface area contributed by atoms with Crippen LogP contribution < -0.4 is 4.74 Å². The number of likely N-dealkylation sites (tertiary alicyclic amines) is 1. The van der Waals surface area contributed by atoms with E-state index in [4.69, 9.17) is 4.74 Å². The van der Waals surface area contributed by atoms with Gasteiger partial charge in [0.1, 0.15) is 11.4 Å². The molecule has 1 aromatic carbocycles. The fourth-order valence-electron chi connectivity index (χ4n) is 3.68. The van der Waals surface area contributed by atoms with Gasteiger partial charge in [0.05, 0.1) is 6.10 Å². The van der Waals surface area contributed by atoms with Gasteiger partial charge in [-0.05, 0) is 57.0 Å². The second kappa shape index (κ2) is 6.27. The van der Waals surface area contributed by atoms with Crippen molar-refractivity contribution < 1.29 is 9.84 Å². The lowest BCUT2D eigenvalue weighted by atomic mass is 9.83. The van der Waals surface area contributed by atoms with Crippen molar-refractivity contribution in [2.45, 2.75) is 50.7 Å². The molecule has 3 rings (SSSR count). The highest BCUT2D eigenvalue weighted by Crippen LogP contribution is 2.44. The normalized spacial score (nSPS) is 29.8. The average Bonchev–Trinajstić information content (AvgIpc) is 2.64. The number of ether oxygens (including phenoxy) is 1. The molecule has 21 heavy (non-hydrogen) atoms. The fraction of sp³-hybridized carbons (Fsp3) is 0.647. The van der Waals surface area contributed by atoms with E-state index in [1.54, 1.807) is 0 Å². The molecule has 0 amide bonds. The summed E-state index contributed by atoms with van der Waals surface area (Å²) in [5.41, 5.74) is 0.743. The molecule has 0 aromatic heterocycles. The van der Waals surface area contributed by atoms with Crippen LogP contribution in [0.15, 0.2) is 22.7 Å². The van der Waals surface area contributed by atoms with Gasteiger partial charge in [-0.3, -0.25) is 0 Å². The minimum absolute atomic E-state index is 0.178. The van der Waals surface area contributed by atoms with Gasteiger partial charge in [0.25, 0.3) is 0 Å². The highest BCUT2D eigenvalue weighted by Gasteiger charge is 2.41. The zero-order valence-corrected chi connectivity index (χ0v) is 14.2. The molecule has 1 aromatic rings. The quantitative estimate of drug-likeness (QED) is 0.874. The van der Waals surface area contributed by atoms with Crippen molar-refractivity contribution in [1.82, 2.24) is 4.90 Å². The molecule has 0 aliphatic carbocycles. The molecule has 4 heteroatoms. The molecule has 1 saturated heterocycles. The van der Waals surface area contributed by atoms with Crippen LogP contribution in [0.25, 0.3) is 0 Å². The molecule has 2 aliphatic heterocycles. The van der Waals surface area contributed by atoms with E-state index < -0.39 is 6.10 Å². The van der Waals surface area contributed by atoms with Gasteiger partial charge in [-0.15, -0.1) is 0 Å². The van der Waals surface area contributed by atoms with Gasteiger partial charge < -0.3 is 14.7 Å². The number of rotatable bonds is 2. The van der Waals surface area contributed by atoms with Crippen molar-refractivity contribution in [3.8, 4) is 5.75 Å². The maximum atomic E-state index is 10.5. The van der Waals surface area contributed by atoms with Crippen LogP contribution in [0.3, 0.4) is 0 Å². The first-order chi connectivity index (χ1) is 10.1. The Morgan fingerprint density at radius 2 is 2.24 bits per heavy atom. The van der Waals surface area contributed by atoms with Crippen LogP contribution in [-0.4, -0.2) is 35.2 Å². The van der Waals surface area contributed by atoms with Gasteiger partial charge >= 0.3 is 0 Å². The highest BCUT2D eigenvalue weighted by molar-refractivity contribution is 9.10. The van der Waals surface area contributed by atoms with Gasteiger partial charge in [-0.25, -0.2) is 0 Å². The maximum absolute atomic E-state index is 10.5. The van der Waals surface area contributed by atoms with E-state index >= 15 is 0 Å². The smallest absolute Gasteiger partial charge is 0.126 e. The second-order valence-corrected chi connectivity index (χ2v) is 7.30. The van der Waals surface area contributed by atoms with Crippen molar-refractivity contribution in [1.29, 1.82) is 0 Å². The van der Waals surface area contributed by atoms with Gasteiger partial charge in [0.15, 0.2) is 0 Å². The minimum Gasteiger partial charge on any atom is -0.487 e. The second-order valence-electron chi connectivity index (χ2n) is 6.38. The Balaban J connectivity index is 1.79. The van der Waals surface area contributed by atoms with Crippen LogP contribution in [0.5, 0.6) is 5.75 Å². The van der Waals surface area contributed by atoms with Crippen molar-refractivity contribution in [3.05, 3.63) is 28.2 Å². The third kappa shape index (κ3) is 3.27. The first-order valence-electron chi connectivity index (χ1n) is 8.01. The largest absolute Gasteiger partial charge is 0.487 e. The number of aliphatic hydroxyl groups excluding tert-OH is 1. The summed E-state index contributed by atoms with van der Waals surface area (Å²) in [7, 11) is 0. The molecule has 0 bridgehead atoms. The predicted octanol–water partition coefficient (Wildman–Crippen LogP) is 3.90. The molecule has 0 saturated carbocycles. The molecular formula is C17H24BrNO2. The number of benzene rings is 1. The van der Waals surface area contributed by atoms with E-state index in [-0.39, 0.29) is 5.60 Å². The summed E-state index contributed by atoms with van der Waals surface area (Å²) in [5.74, 6) is 0.862. The van der Waals surface area contributed by atoms with Crippen LogP contribution in [0.4, 0.5) is 0 Å². The fourth-order valence-corrected chi connectivity index (χ4v) is 4.06. The number of aliphatic hydroxyl groups is 1. The van der Waals surface area contributed by atoms with Gasteiger partial charge in [-0.2, -0.15) is 0 Å². The lowest BCUT2D eigenvalue weighted by molar-refractivity contribution is -0.0239. The standard InChI is InChI=1S/C17H24BrNO2/c1-2-8-19-9-3-6-17(7-10-19)12-15(20)14-11-13(18)4-5-16(14)21-17/h4-5,11,15,20H,2-3,6-10,12H2,1H3/t15-,17?/m1/s1. The molecule has 1 N–H and O–H groups in total. The SMILES string of the molecule is CCCN1CCCC2(CC1)C[C@@H](O)c1cc(Br)ccc1O2. The number of halogens is 1. The Kier molecular flexibility index (Phi) is 4.57. The van der Waals surface area contributed by atoms with Crippen LogP contribution >= 0.6 is 15.9 Å². The minimum atomic E-state index is -0.413. The zero-order chi connectivity index (χ0) is 14.9. The molecule has 2 atom stereocenters. The van der Waals surface area contributed by atoms with E-state index in [2.05, 4.69) is 27.8 Å². The molecule has 2 aliphatic rings. The van der Waals surface area contributed by atoms with Gasteiger partial charge in [0, 0.05) is 23.0 Å². The van der Waals surface area contributed by atoms with Gasteiger partial charge in [-0.1, -0.05) is 22.9 Å². The molecule has 0 radical (unpaired) electrons. The third-order valence-electron chi connectivity index (χ3n) is 4.75. The third-order valence-corrected chi connectivity index (χ3v) is 5.25. The predicted molar refractivity (Wildman–Crippen MR) is 87.7 cm³/mol. The van der Waals surface area contributed by atoms with Crippen LogP contribution in [0.2, 0.25) is 0 Å². The molecule has 116 valence electrons. The monoisotopic (exact) mass is 353 g/mol. The van der Waals surface area contributed by atoms with E-state index in [1.165, 1.54) is 13.0 Å². The Morgan fingerprint density at radius 3 is 3.05 bits per heavy atom. The van der Waals surface area contributed by atoms with Crippen LogP contribution in [0, 0.1) is 0 Å². The Bertz CT molecular complexity index is 508. The molecular weight excluding hydrogens is 330 g/mol. The van der Waals surface area contributed by atoms with Crippen molar-refractivity contribution in [2.75, 3.05) is 19.6 Å². The average molecular weight is 354 g/mol. The van der Waals surface area contributed by atoms with Crippen LogP contribution in [-0.2, 0) is 0 Å². The maximum Gasteiger partial charge on any atom is 0.126 e.